The first-order valence-corrected chi connectivity index (χ1v) is 3.32. The molecule has 1 aromatic carbocycles. The third-order valence-corrected chi connectivity index (χ3v) is 1.78. The Kier molecular flexibility index (Phi) is 1.91. The topological polar surface area (TPSA) is 23.8 Å². The van der Waals surface area contributed by atoms with Gasteiger partial charge < -0.3 is 0 Å². The molecule has 1 rings (SSSR count). The van der Waals surface area contributed by atoms with Crippen molar-refractivity contribution in [3.63, 3.8) is 0 Å². The maximum atomic E-state index is 13.0. The Morgan fingerprint density at radius 3 is 2.55 bits per heavy atom. The van der Waals surface area contributed by atoms with Crippen LogP contribution in [-0.4, -0.2) is 0 Å². The molecule has 11 heavy (non-hydrogen) atoms. The molecule has 0 aliphatic rings. The molecule has 0 unspecified atom stereocenters. The van der Waals surface area contributed by atoms with E-state index in [1.807, 2.05) is 6.92 Å². The molecule has 0 N–H and O–H groups in total. The van der Waals surface area contributed by atoms with Crippen LogP contribution in [-0.2, 0) is 0 Å². The number of rotatable bonds is 0. The van der Waals surface area contributed by atoms with Crippen molar-refractivity contribution in [2.45, 2.75) is 13.8 Å². The van der Waals surface area contributed by atoms with E-state index in [-0.39, 0.29) is 5.56 Å². The lowest BCUT2D eigenvalue weighted by molar-refractivity contribution is 0.613. The van der Waals surface area contributed by atoms with E-state index in [0.717, 1.165) is 5.56 Å². The van der Waals surface area contributed by atoms with Gasteiger partial charge in [-0.25, -0.2) is 4.39 Å². The first-order valence-electron chi connectivity index (χ1n) is 3.32. The lowest BCUT2D eigenvalue weighted by Gasteiger charge is -2.00. The standard InChI is InChI=1S/C9H8FN/c1-6-3-4-8(5-11)9(10)7(6)2/h3-4H,1-2H3. The summed E-state index contributed by atoms with van der Waals surface area (Å²) in [7, 11) is 0. The monoisotopic (exact) mass is 149 g/mol. The van der Waals surface area contributed by atoms with Gasteiger partial charge in [0, 0.05) is 0 Å². The molecule has 0 radical (unpaired) electrons. The summed E-state index contributed by atoms with van der Waals surface area (Å²) in [5, 5.41) is 8.44. The summed E-state index contributed by atoms with van der Waals surface area (Å²) in [5.74, 6) is -0.396. The first-order chi connectivity index (χ1) is 5.16. The Morgan fingerprint density at radius 2 is 2.00 bits per heavy atom. The highest BCUT2D eigenvalue weighted by Gasteiger charge is 2.05. The predicted molar refractivity (Wildman–Crippen MR) is 40.6 cm³/mol. The van der Waals surface area contributed by atoms with Crippen molar-refractivity contribution in [2.75, 3.05) is 0 Å². The van der Waals surface area contributed by atoms with Crippen molar-refractivity contribution in [1.29, 1.82) is 5.26 Å². The molecule has 0 saturated heterocycles. The van der Waals surface area contributed by atoms with E-state index >= 15 is 0 Å². The Balaban J connectivity index is 3.40. The first kappa shape index (κ1) is 7.74. The molecule has 0 aliphatic heterocycles. The van der Waals surface area contributed by atoms with Crippen molar-refractivity contribution >= 4 is 0 Å². The predicted octanol–water partition coefficient (Wildman–Crippen LogP) is 2.31. The maximum Gasteiger partial charge on any atom is 0.144 e. The highest BCUT2D eigenvalue weighted by Crippen LogP contribution is 2.14. The number of nitrogens with zero attached hydrogens (tertiary/aromatic N) is 1. The molecule has 0 spiro atoms. The van der Waals surface area contributed by atoms with Crippen molar-refractivity contribution in [3.8, 4) is 6.07 Å². The maximum absolute atomic E-state index is 13.0. The minimum Gasteiger partial charge on any atom is -0.205 e. The van der Waals surface area contributed by atoms with Crippen LogP contribution in [0.15, 0.2) is 12.1 Å². The van der Waals surface area contributed by atoms with Gasteiger partial charge in [-0.3, -0.25) is 0 Å². The molecule has 0 heterocycles. The fraction of sp³-hybridized carbons (Fsp3) is 0.222. The molecule has 0 amide bonds. The highest BCUT2D eigenvalue weighted by molar-refractivity contribution is 5.38. The zero-order valence-corrected chi connectivity index (χ0v) is 6.48. The van der Waals surface area contributed by atoms with Crippen LogP contribution in [0.5, 0.6) is 0 Å². The van der Waals surface area contributed by atoms with Crippen LogP contribution in [0, 0.1) is 31.0 Å². The van der Waals surface area contributed by atoms with E-state index in [1.165, 1.54) is 6.07 Å². The van der Waals surface area contributed by atoms with E-state index in [9.17, 15) is 4.39 Å². The number of benzene rings is 1. The minimum absolute atomic E-state index is 0.119. The molecule has 0 fully saturated rings. The summed E-state index contributed by atoms with van der Waals surface area (Å²) in [6, 6.07) is 5.03. The summed E-state index contributed by atoms with van der Waals surface area (Å²) < 4.78 is 13.0. The normalized spacial score (nSPS) is 9.27. The summed E-state index contributed by atoms with van der Waals surface area (Å²) in [6.07, 6.45) is 0. The Morgan fingerprint density at radius 1 is 1.36 bits per heavy atom. The zero-order chi connectivity index (χ0) is 8.43. The third kappa shape index (κ3) is 1.22. The number of aryl methyl sites for hydroxylation is 1. The molecule has 0 saturated carbocycles. The van der Waals surface area contributed by atoms with Crippen molar-refractivity contribution in [1.82, 2.24) is 0 Å². The molecule has 1 nitrogen and oxygen atoms in total. The van der Waals surface area contributed by atoms with Crippen LogP contribution in [0.4, 0.5) is 4.39 Å². The van der Waals surface area contributed by atoms with Gasteiger partial charge in [0.05, 0.1) is 5.56 Å². The Bertz CT molecular complexity index is 323. The summed E-state index contributed by atoms with van der Waals surface area (Å²) in [4.78, 5) is 0. The van der Waals surface area contributed by atoms with E-state index in [1.54, 1.807) is 19.1 Å². The quantitative estimate of drug-likeness (QED) is 0.555. The molecule has 0 aliphatic carbocycles. The van der Waals surface area contributed by atoms with Gasteiger partial charge in [0.25, 0.3) is 0 Å². The molecule has 56 valence electrons. The van der Waals surface area contributed by atoms with Gasteiger partial charge in [-0.15, -0.1) is 0 Å². The summed E-state index contributed by atoms with van der Waals surface area (Å²) in [5.41, 5.74) is 1.55. The lowest BCUT2D eigenvalue weighted by atomic mass is 10.1. The molecule has 1 aromatic rings. The molecular formula is C9H8FN. The second-order valence-electron chi connectivity index (χ2n) is 2.48. The average molecular weight is 149 g/mol. The highest BCUT2D eigenvalue weighted by atomic mass is 19.1. The van der Waals surface area contributed by atoms with E-state index in [0.29, 0.717) is 5.56 Å². The smallest absolute Gasteiger partial charge is 0.144 e. The van der Waals surface area contributed by atoms with Crippen LogP contribution < -0.4 is 0 Å². The average Bonchev–Trinajstić information content (AvgIpc) is 2.01. The number of halogens is 1. The van der Waals surface area contributed by atoms with E-state index in [2.05, 4.69) is 0 Å². The number of hydrogen-bond acceptors (Lipinski definition) is 1. The van der Waals surface area contributed by atoms with Crippen LogP contribution in [0.3, 0.4) is 0 Å². The minimum atomic E-state index is -0.396. The van der Waals surface area contributed by atoms with E-state index < -0.39 is 5.82 Å². The largest absolute Gasteiger partial charge is 0.205 e. The fourth-order valence-electron chi connectivity index (χ4n) is 0.868. The van der Waals surface area contributed by atoms with Crippen LogP contribution >= 0.6 is 0 Å². The number of hydrogen-bond donors (Lipinski definition) is 0. The van der Waals surface area contributed by atoms with E-state index in [4.69, 9.17) is 5.26 Å². The molecular weight excluding hydrogens is 141 g/mol. The summed E-state index contributed by atoms with van der Waals surface area (Å²) >= 11 is 0. The van der Waals surface area contributed by atoms with Gasteiger partial charge in [-0.2, -0.15) is 5.26 Å². The van der Waals surface area contributed by atoms with Gasteiger partial charge in [0.15, 0.2) is 0 Å². The summed E-state index contributed by atoms with van der Waals surface area (Å²) in [6.45, 7) is 3.49. The van der Waals surface area contributed by atoms with Crippen molar-refractivity contribution < 1.29 is 4.39 Å². The van der Waals surface area contributed by atoms with Gasteiger partial charge in [0.2, 0.25) is 0 Å². The Hall–Kier alpha value is -1.36. The van der Waals surface area contributed by atoms with Gasteiger partial charge >= 0.3 is 0 Å². The molecule has 0 aromatic heterocycles. The van der Waals surface area contributed by atoms with Gasteiger partial charge in [0.1, 0.15) is 11.9 Å². The van der Waals surface area contributed by atoms with Gasteiger partial charge in [-0.1, -0.05) is 6.07 Å². The lowest BCUT2D eigenvalue weighted by Crippen LogP contribution is -1.90. The van der Waals surface area contributed by atoms with Gasteiger partial charge in [-0.05, 0) is 31.0 Å². The SMILES string of the molecule is Cc1ccc(C#N)c(F)c1C. The second kappa shape index (κ2) is 2.71. The molecule has 0 atom stereocenters. The third-order valence-electron chi connectivity index (χ3n) is 1.78. The fourth-order valence-corrected chi connectivity index (χ4v) is 0.868. The van der Waals surface area contributed by atoms with Crippen LogP contribution in [0.2, 0.25) is 0 Å². The van der Waals surface area contributed by atoms with Crippen LogP contribution in [0.1, 0.15) is 16.7 Å². The zero-order valence-electron chi connectivity index (χ0n) is 6.48. The number of nitriles is 1. The van der Waals surface area contributed by atoms with Crippen molar-refractivity contribution in [2.24, 2.45) is 0 Å². The molecule has 0 bridgehead atoms. The van der Waals surface area contributed by atoms with Crippen molar-refractivity contribution in [3.05, 3.63) is 34.6 Å². The Labute approximate surface area is 65.1 Å². The van der Waals surface area contributed by atoms with Crippen LogP contribution in [0.25, 0.3) is 0 Å². The molecule has 2 heteroatoms. The second-order valence-corrected chi connectivity index (χ2v) is 2.48.